The molecule has 1 aromatic rings. The fourth-order valence-electron chi connectivity index (χ4n) is 4.09. The Morgan fingerprint density at radius 2 is 1.41 bits per heavy atom. The van der Waals surface area contributed by atoms with E-state index in [2.05, 4.69) is 42.0 Å². The molecule has 6 heteroatoms. The number of aromatic nitrogens is 2. The molecule has 0 saturated carbocycles. The summed E-state index contributed by atoms with van der Waals surface area (Å²) >= 11 is 0. The summed E-state index contributed by atoms with van der Waals surface area (Å²) in [7, 11) is 0. The number of rotatable bonds is 21. The second kappa shape index (κ2) is 26.8. The van der Waals surface area contributed by atoms with Gasteiger partial charge in [-0.05, 0) is 31.1 Å². The first-order valence-corrected chi connectivity index (χ1v) is 14.4. The molecule has 0 saturated heterocycles. The average molecular weight is 574 g/mol. The van der Waals surface area contributed by atoms with Gasteiger partial charge in [0.1, 0.15) is 18.5 Å². The van der Waals surface area contributed by atoms with Crippen LogP contribution in [0.25, 0.3) is 0 Å². The van der Waals surface area contributed by atoms with Gasteiger partial charge in [0.15, 0.2) is 6.54 Å². The normalized spacial score (nSPS) is 9.84. The van der Waals surface area contributed by atoms with E-state index in [0.717, 1.165) is 45.1 Å². The van der Waals surface area contributed by atoms with Crippen molar-refractivity contribution in [1.29, 1.82) is 5.26 Å². The SMILES string of the molecule is CCCCCCCCCCC#CC#CCCCCCCCCC(=O)NCCC[n+]1ccn(CC#N)c1.[Br-]. The van der Waals surface area contributed by atoms with Crippen molar-refractivity contribution in [2.75, 3.05) is 6.54 Å². The van der Waals surface area contributed by atoms with Gasteiger partial charge >= 0.3 is 0 Å². The van der Waals surface area contributed by atoms with Crippen LogP contribution in [0.1, 0.15) is 122 Å². The topological polar surface area (TPSA) is 61.7 Å². The number of hydrogen-bond acceptors (Lipinski definition) is 2. The third-order valence-electron chi connectivity index (χ3n) is 6.27. The van der Waals surface area contributed by atoms with E-state index in [0.29, 0.717) is 19.5 Å². The molecular weight excluding hydrogens is 524 g/mol. The summed E-state index contributed by atoms with van der Waals surface area (Å²) in [4.78, 5) is 12.0. The largest absolute Gasteiger partial charge is 1.00 e. The van der Waals surface area contributed by atoms with Crippen LogP contribution in [0.4, 0.5) is 0 Å². The van der Waals surface area contributed by atoms with E-state index >= 15 is 0 Å². The fraction of sp³-hybridized carbons (Fsp3) is 0.710. The Kier molecular flexibility index (Phi) is 25.2. The van der Waals surface area contributed by atoms with E-state index < -0.39 is 0 Å². The van der Waals surface area contributed by atoms with Crippen LogP contribution in [0.15, 0.2) is 18.7 Å². The maximum absolute atomic E-state index is 12.0. The van der Waals surface area contributed by atoms with Crippen molar-refractivity contribution in [1.82, 2.24) is 9.88 Å². The Labute approximate surface area is 237 Å². The molecule has 1 aromatic heterocycles. The molecule has 1 amide bonds. The first kappa shape index (κ1) is 34.8. The number of halogens is 1. The van der Waals surface area contributed by atoms with Gasteiger partial charge in [-0.2, -0.15) is 5.26 Å². The molecule has 0 radical (unpaired) electrons. The lowest BCUT2D eigenvalue weighted by Crippen LogP contribution is -3.00. The molecule has 0 atom stereocenters. The van der Waals surface area contributed by atoms with Gasteiger partial charge in [0.25, 0.3) is 0 Å². The maximum Gasteiger partial charge on any atom is 0.244 e. The minimum absolute atomic E-state index is 0. The van der Waals surface area contributed by atoms with Crippen LogP contribution in [-0.4, -0.2) is 17.0 Å². The Hall–Kier alpha value is -2.23. The first-order valence-electron chi connectivity index (χ1n) is 14.4. The van der Waals surface area contributed by atoms with Crippen LogP contribution < -0.4 is 26.9 Å². The minimum atomic E-state index is 0. The third kappa shape index (κ3) is 22.7. The highest BCUT2D eigenvalue weighted by molar-refractivity contribution is 5.75. The minimum Gasteiger partial charge on any atom is -1.00 e. The summed E-state index contributed by atoms with van der Waals surface area (Å²) in [5, 5.41) is 11.7. The number of carbonyl (C=O) groups excluding carboxylic acids is 1. The van der Waals surface area contributed by atoms with Gasteiger partial charge in [-0.25, -0.2) is 9.13 Å². The number of nitriles is 1. The van der Waals surface area contributed by atoms with Crippen LogP contribution in [0.3, 0.4) is 0 Å². The number of unbranched alkanes of at least 4 members (excludes halogenated alkanes) is 14. The first-order chi connectivity index (χ1) is 17.8. The molecular formula is C31H49BrN4O. The maximum atomic E-state index is 12.0. The van der Waals surface area contributed by atoms with Gasteiger partial charge in [0, 0.05) is 32.2 Å². The van der Waals surface area contributed by atoms with E-state index in [4.69, 9.17) is 5.26 Å². The molecule has 1 rings (SSSR count). The number of aryl methyl sites for hydroxylation is 1. The summed E-state index contributed by atoms with van der Waals surface area (Å²) in [6.07, 6.45) is 26.8. The Bertz CT molecular complexity index is 850. The second-order valence-corrected chi connectivity index (χ2v) is 9.64. The second-order valence-electron chi connectivity index (χ2n) is 9.64. The number of nitrogens with one attached hydrogen (secondary N) is 1. The number of hydrogen-bond donors (Lipinski definition) is 1. The highest BCUT2D eigenvalue weighted by Gasteiger charge is 2.04. The average Bonchev–Trinajstić information content (AvgIpc) is 3.33. The van der Waals surface area contributed by atoms with Gasteiger partial charge in [-0.3, -0.25) is 4.79 Å². The van der Waals surface area contributed by atoms with Crippen molar-refractivity contribution in [2.24, 2.45) is 0 Å². The van der Waals surface area contributed by atoms with Crippen molar-refractivity contribution in [2.45, 2.75) is 136 Å². The zero-order valence-corrected chi connectivity index (χ0v) is 24.8. The van der Waals surface area contributed by atoms with E-state index in [1.807, 2.05) is 27.9 Å². The zero-order chi connectivity index (χ0) is 25.9. The molecule has 0 aromatic carbocycles. The summed E-state index contributed by atoms with van der Waals surface area (Å²) in [5.41, 5.74) is 0. The fourth-order valence-corrected chi connectivity index (χ4v) is 4.09. The summed E-state index contributed by atoms with van der Waals surface area (Å²) < 4.78 is 3.89. The molecule has 1 heterocycles. The highest BCUT2D eigenvalue weighted by atomic mass is 79.9. The number of imidazole rings is 1. The smallest absolute Gasteiger partial charge is 0.244 e. The Balaban J connectivity index is 0.0000130. The van der Waals surface area contributed by atoms with Gasteiger partial charge in [-0.1, -0.05) is 89.4 Å². The van der Waals surface area contributed by atoms with Crippen LogP contribution >= 0.6 is 0 Å². The molecule has 0 spiro atoms. The zero-order valence-electron chi connectivity index (χ0n) is 23.2. The van der Waals surface area contributed by atoms with Crippen LogP contribution in [0.5, 0.6) is 0 Å². The van der Waals surface area contributed by atoms with Gasteiger partial charge in [0.2, 0.25) is 12.2 Å². The van der Waals surface area contributed by atoms with Crippen molar-refractivity contribution < 1.29 is 26.3 Å². The van der Waals surface area contributed by atoms with Crippen molar-refractivity contribution in [3.63, 3.8) is 0 Å². The summed E-state index contributed by atoms with van der Waals surface area (Å²) in [6, 6.07) is 2.12. The Morgan fingerprint density at radius 3 is 2.00 bits per heavy atom. The standard InChI is InChI=1S/C31H48N4O.BrH/c1-2-3-4-5-6-7-8-9-10-11-12-13-14-15-16-17-18-19-20-21-23-31(36)33-25-22-26-34-28-29-35(30-34)27-24-32;/h28-30H,2-10,15-23,25-27H2,1H3;1H. The summed E-state index contributed by atoms with van der Waals surface area (Å²) in [5.74, 6) is 12.5. The molecule has 0 aliphatic carbocycles. The van der Waals surface area contributed by atoms with Crippen molar-refractivity contribution >= 4 is 5.91 Å². The van der Waals surface area contributed by atoms with E-state index in [9.17, 15) is 4.79 Å². The molecule has 1 N–H and O–H groups in total. The highest BCUT2D eigenvalue weighted by Crippen LogP contribution is 2.09. The Morgan fingerprint density at radius 1 is 0.838 bits per heavy atom. The predicted octanol–water partition coefficient (Wildman–Crippen LogP) is 3.47. The van der Waals surface area contributed by atoms with Crippen molar-refractivity contribution in [3.8, 4) is 29.8 Å². The lowest BCUT2D eigenvalue weighted by Gasteiger charge is -2.04. The lowest BCUT2D eigenvalue weighted by atomic mass is 10.1. The van der Waals surface area contributed by atoms with Gasteiger partial charge in [-0.15, -0.1) is 0 Å². The lowest BCUT2D eigenvalue weighted by molar-refractivity contribution is -0.696. The molecule has 206 valence electrons. The number of amides is 1. The van der Waals surface area contributed by atoms with Gasteiger partial charge < -0.3 is 22.3 Å². The quantitative estimate of drug-likeness (QED) is 0.139. The number of nitrogens with zero attached hydrogens (tertiary/aromatic N) is 3. The van der Waals surface area contributed by atoms with Gasteiger partial charge in [0.05, 0.1) is 6.54 Å². The molecule has 0 unspecified atom stereocenters. The molecule has 37 heavy (non-hydrogen) atoms. The third-order valence-corrected chi connectivity index (χ3v) is 6.27. The molecule has 0 aliphatic rings. The predicted molar refractivity (Wildman–Crippen MR) is 148 cm³/mol. The molecule has 0 aliphatic heterocycles. The van der Waals surface area contributed by atoms with E-state index in [-0.39, 0.29) is 22.9 Å². The number of carbonyl (C=O) groups is 1. The molecule has 0 fully saturated rings. The van der Waals surface area contributed by atoms with Crippen LogP contribution in [0.2, 0.25) is 0 Å². The molecule has 5 nitrogen and oxygen atoms in total. The van der Waals surface area contributed by atoms with Crippen molar-refractivity contribution in [3.05, 3.63) is 18.7 Å². The van der Waals surface area contributed by atoms with E-state index in [1.165, 1.54) is 70.6 Å². The molecule has 0 bridgehead atoms. The monoisotopic (exact) mass is 572 g/mol. The van der Waals surface area contributed by atoms with Crippen LogP contribution in [0, 0.1) is 35.0 Å². The summed E-state index contributed by atoms with van der Waals surface area (Å²) in [6.45, 7) is 4.17. The van der Waals surface area contributed by atoms with Crippen LogP contribution in [-0.2, 0) is 17.9 Å². The van der Waals surface area contributed by atoms with E-state index in [1.54, 1.807) is 0 Å².